The number of hydrogen-bond donors (Lipinski definition) is 2. The number of hydrogen-bond acceptors (Lipinski definition) is 2. The van der Waals surface area contributed by atoms with E-state index in [4.69, 9.17) is 4.74 Å². The van der Waals surface area contributed by atoms with E-state index in [0.29, 0.717) is 6.61 Å². The third-order valence-corrected chi connectivity index (χ3v) is 5.68. The fraction of sp³-hybridized carbons (Fsp3) is 0.192. The van der Waals surface area contributed by atoms with E-state index in [2.05, 4.69) is 59.4 Å². The van der Waals surface area contributed by atoms with Gasteiger partial charge in [0.25, 0.3) is 0 Å². The van der Waals surface area contributed by atoms with Crippen LogP contribution in [0.25, 0.3) is 44.0 Å². The van der Waals surface area contributed by atoms with Crippen molar-refractivity contribution >= 4 is 38.7 Å². The molecule has 0 amide bonds. The van der Waals surface area contributed by atoms with Crippen LogP contribution >= 0.6 is 0 Å². The second-order valence-electron chi connectivity index (χ2n) is 7.71. The number of benzene rings is 3. The Morgan fingerprint density at radius 2 is 1.57 bits per heavy atom. The number of nitrogens with one attached hydrogen (secondary N) is 2. The highest BCUT2D eigenvalue weighted by molar-refractivity contribution is 6.12. The van der Waals surface area contributed by atoms with Crippen LogP contribution in [-0.2, 0) is 16.0 Å². The molecule has 2 aromatic heterocycles. The van der Waals surface area contributed by atoms with Crippen molar-refractivity contribution in [3.63, 3.8) is 0 Å². The first kappa shape index (κ1) is 18.5. The van der Waals surface area contributed by atoms with Crippen LogP contribution < -0.4 is 0 Å². The van der Waals surface area contributed by atoms with Gasteiger partial charge in [-0.05, 0) is 35.7 Å². The normalized spacial score (nSPS) is 11.5. The smallest absolute Gasteiger partial charge is 0.310 e. The highest BCUT2D eigenvalue weighted by atomic mass is 16.5. The fourth-order valence-electron chi connectivity index (χ4n) is 4.16. The number of H-pyrrole nitrogens is 2. The van der Waals surface area contributed by atoms with Gasteiger partial charge < -0.3 is 14.7 Å². The standard InChI is InChI=1S/C26H24N2O2/c1-2-3-13-30-25(29)16-21-20-15-23-19(18-11-7-8-12-22(18)27-23)14-24(20)28-26(21)17-9-5-4-6-10-17/h4-12,14-15,27-28H,2-3,13,16H2,1H3. The lowest BCUT2D eigenvalue weighted by Crippen LogP contribution is -2.09. The summed E-state index contributed by atoms with van der Waals surface area (Å²) in [5.74, 6) is -0.182. The van der Waals surface area contributed by atoms with Crippen molar-refractivity contribution in [2.45, 2.75) is 26.2 Å². The second kappa shape index (κ2) is 7.71. The summed E-state index contributed by atoms with van der Waals surface area (Å²) >= 11 is 0. The number of rotatable bonds is 6. The van der Waals surface area contributed by atoms with Crippen LogP contribution in [0, 0.1) is 0 Å². The number of aromatic nitrogens is 2. The Morgan fingerprint density at radius 3 is 2.40 bits per heavy atom. The minimum Gasteiger partial charge on any atom is -0.465 e. The molecule has 0 fully saturated rings. The van der Waals surface area contributed by atoms with Crippen molar-refractivity contribution < 1.29 is 9.53 Å². The molecule has 2 heterocycles. The number of carbonyl (C=O) groups excluding carboxylic acids is 1. The zero-order valence-corrected chi connectivity index (χ0v) is 17.0. The molecule has 2 N–H and O–H groups in total. The molecule has 0 radical (unpaired) electrons. The van der Waals surface area contributed by atoms with Gasteiger partial charge in [0.2, 0.25) is 0 Å². The number of aromatic amines is 2. The maximum Gasteiger partial charge on any atom is 0.310 e. The van der Waals surface area contributed by atoms with Gasteiger partial charge in [-0.15, -0.1) is 0 Å². The van der Waals surface area contributed by atoms with E-state index < -0.39 is 0 Å². The van der Waals surface area contributed by atoms with Gasteiger partial charge >= 0.3 is 5.97 Å². The van der Waals surface area contributed by atoms with Gasteiger partial charge in [-0.25, -0.2) is 0 Å². The molecule has 0 aliphatic carbocycles. The van der Waals surface area contributed by atoms with Gasteiger partial charge in [-0.3, -0.25) is 4.79 Å². The van der Waals surface area contributed by atoms with Crippen LogP contribution in [0.3, 0.4) is 0 Å². The van der Waals surface area contributed by atoms with Crippen molar-refractivity contribution in [3.8, 4) is 11.3 Å². The Bertz CT molecular complexity index is 1350. The molecule has 150 valence electrons. The first-order valence-electron chi connectivity index (χ1n) is 10.5. The molecule has 0 aliphatic heterocycles. The van der Waals surface area contributed by atoms with Gasteiger partial charge in [-0.1, -0.05) is 61.9 Å². The molecule has 0 unspecified atom stereocenters. The summed E-state index contributed by atoms with van der Waals surface area (Å²) in [7, 11) is 0. The monoisotopic (exact) mass is 396 g/mol. The Kier molecular flexibility index (Phi) is 4.75. The van der Waals surface area contributed by atoms with Crippen molar-refractivity contribution in [1.29, 1.82) is 0 Å². The highest BCUT2D eigenvalue weighted by Crippen LogP contribution is 2.35. The molecule has 0 atom stereocenters. The maximum atomic E-state index is 12.6. The van der Waals surface area contributed by atoms with E-state index >= 15 is 0 Å². The first-order valence-corrected chi connectivity index (χ1v) is 10.5. The van der Waals surface area contributed by atoms with E-state index in [1.807, 2.05) is 24.3 Å². The molecule has 30 heavy (non-hydrogen) atoms. The number of carbonyl (C=O) groups is 1. The van der Waals surface area contributed by atoms with E-state index in [-0.39, 0.29) is 12.4 Å². The molecule has 4 heteroatoms. The minimum atomic E-state index is -0.182. The molecule has 0 saturated heterocycles. The van der Waals surface area contributed by atoms with E-state index in [9.17, 15) is 4.79 Å². The summed E-state index contributed by atoms with van der Waals surface area (Å²) in [5, 5.41) is 3.43. The maximum absolute atomic E-state index is 12.6. The van der Waals surface area contributed by atoms with Crippen LogP contribution in [0.2, 0.25) is 0 Å². The molecule has 3 aromatic carbocycles. The molecule has 0 spiro atoms. The third kappa shape index (κ3) is 3.24. The average molecular weight is 396 g/mol. The Labute approximate surface area is 174 Å². The Morgan fingerprint density at radius 1 is 0.833 bits per heavy atom. The largest absolute Gasteiger partial charge is 0.465 e. The van der Waals surface area contributed by atoms with Crippen LogP contribution in [0.5, 0.6) is 0 Å². The number of unbranched alkanes of at least 4 members (excludes halogenated alkanes) is 1. The predicted molar refractivity (Wildman–Crippen MR) is 123 cm³/mol. The summed E-state index contributed by atoms with van der Waals surface area (Å²) in [6.45, 7) is 2.57. The summed E-state index contributed by atoms with van der Waals surface area (Å²) in [4.78, 5) is 19.7. The molecule has 0 aliphatic rings. The van der Waals surface area contributed by atoms with E-state index in [1.165, 1.54) is 10.8 Å². The van der Waals surface area contributed by atoms with E-state index in [1.54, 1.807) is 0 Å². The lowest BCUT2D eigenvalue weighted by atomic mass is 10.0. The second-order valence-corrected chi connectivity index (χ2v) is 7.71. The molecule has 5 aromatic rings. The summed E-state index contributed by atoms with van der Waals surface area (Å²) in [5.41, 5.74) is 6.25. The van der Waals surface area contributed by atoms with Gasteiger partial charge in [0.1, 0.15) is 0 Å². The first-order chi connectivity index (χ1) is 14.7. The van der Waals surface area contributed by atoms with Crippen molar-refractivity contribution in [3.05, 3.63) is 72.3 Å². The lowest BCUT2D eigenvalue weighted by molar-refractivity contribution is -0.142. The number of para-hydroxylation sites is 1. The zero-order chi connectivity index (χ0) is 20.5. The van der Waals surface area contributed by atoms with Crippen molar-refractivity contribution in [1.82, 2.24) is 9.97 Å². The topological polar surface area (TPSA) is 57.9 Å². The van der Waals surface area contributed by atoms with Gasteiger partial charge in [-0.2, -0.15) is 0 Å². The summed E-state index contributed by atoms with van der Waals surface area (Å²) < 4.78 is 5.47. The van der Waals surface area contributed by atoms with Crippen LogP contribution in [0.4, 0.5) is 0 Å². The molecule has 0 saturated carbocycles. The Hall–Kier alpha value is -3.53. The lowest BCUT2D eigenvalue weighted by Gasteiger charge is -2.06. The third-order valence-electron chi connectivity index (χ3n) is 5.68. The van der Waals surface area contributed by atoms with E-state index in [0.717, 1.165) is 51.6 Å². The molecule has 4 nitrogen and oxygen atoms in total. The highest BCUT2D eigenvalue weighted by Gasteiger charge is 2.18. The average Bonchev–Trinajstić information content (AvgIpc) is 3.31. The number of esters is 1. The fourth-order valence-corrected chi connectivity index (χ4v) is 4.16. The minimum absolute atomic E-state index is 0.182. The van der Waals surface area contributed by atoms with Crippen molar-refractivity contribution in [2.24, 2.45) is 0 Å². The van der Waals surface area contributed by atoms with Crippen LogP contribution in [0.1, 0.15) is 25.3 Å². The summed E-state index contributed by atoms with van der Waals surface area (Å²) in [6.07, 6.45) is 2.15. The molecular formula is C26H24N2O2. The molecule has 5 rings (SSSR count). The number of ether oxygens (including phenoxy) is 1. The van der Waals surface area contributed by atoms with Crippen LogP contribution in [0.15, 0.2) is 66.7 Å². The van der Waals surface area contributed by atoms with Crippen LogP contribution in [-0.4, -0.2) is 22.5 Å². The molecule has 0 bridgehead atoms. The van der Waals surface area contributed by atoms with Gasteiger partial charge in [0.05, 0.1) is 18.7 Å². The zero-order valence-electron chi connectivity index (χ0n) is 17.0. The predicted octanol–water partition coefficient (Wildman–Crippen LogP) is 6.36. The Balaban J connectivity index is 1.67. The SMILES string of the molecule is CCCCOC(=O)Cc1c(-c2ccccc2)[nH]c2cc3c(cc12)[nH]c1ccccc13. The van der Waals surface area contributed by atoms with Gasteiger partial charge in [0, 0.05) is 32.7 Å². The van der Waals surface area contributed by atoms with Crippen molar-refractivity contribution in [2.75, 3.05) is 6.61 Å². The molecular weight excluding hydrogens is 372 g/mol. The number of fused-ring (bicyclic) bond motifs is 4. The quantitative estimate of drug-likeness (QED) is 0.259. The van der Waals surface area contributed by atoms with Gasteiger partial charge in [0.15, 0.2) is 0 Å². The summed E-state index contributed by atoms with van der Waals surface area (Å²) in [6, 6.07) is 22.8.